The fraction of sp³-hybridized carbons (Fsp3) is 0.750. The summed E-state index contributed by atoms with van der Waals surface area (Å²) in [5.41, 5.74) is 6.22. The lowest BCUT2D eigenvalue weighted by Gasteiger charge is -2.13. The molecule has 19 heavy (non-hydrogen) atoms. The molecule has 1 aromatic heterocycles. The molecule has 1 aromatic rings. The first kappa shape index (κ1) is 13.8. The van der Waals surface area contributed by atoms with Crippen LogP contribution in [0.15, 0.2) is 0 Å². The van der Waals surface area contributed by atoms with Crippen LogP contribution in [0.1, 0.15) is 38.3 Å². The first-order valence-electron chi connectivity index (χ1n) is 6.67. The summed E-state index contributed by atoms with van der Waals surface area (Å²) in [6, 6.07) is 0.132. The Morgan fingerprint density at radius 3 is 2.84 bits per heavy atom. The first-order chi connectivity index (χ1) is 9.02. The molecule has 0 amide bonds. The predicted octanol–water partition coefficient (Wildman–Crippen LogP) is 1.77. The molecule has 1 aliphatic rings. The Morgan fingerprint density at radius 1 is 1.58 bits per heavy atom. The number of aryl methyl sites for hydroxylation is 2. The summed E-state index contributed by atoms with van der Waals surface area (Å²) in [7, 11) is 0. The average Bonchev–Trinajstić information content (AvgIpc) is 2.85. The maximum atomic E-state index is 11.1. The van der Waals surface area contributed by atoms with Crippen LogP contribution >= 0.6 is 0 Å². The molecule has 0 spiro atoms. The number of nitro groups is 1. The van der Waals surface area contributed by atoms with E-state index in [1.807, 2.05) is 6.92 Å². The van der Waals surface area contributed by atoms with Crippen molar-refractivity contribution in [2.24, 2.45) is 5.73 Å². The summed E-state index contributed by atoms with van der Waals surface area (Å²) in [5, 5.41) is 15.3. The van der Waals surface area contributed by atoms with Gasteiger partial charge in [-0.1, -0.05) is 6.92 Å². The van der Waals surface area contributed by atoms with E-state index in [1.54, 1.807) is 11.6 Å². The van der Waals surface area contributed by atoms with Crippen molar-refractivity contribution in [2.45, 2.75) is 58.2 Å². The summed E-state index contributed by atoms with van der Waals surface area (Å²) >= 11 is 0. The lowest BCUT2D eigenvalue weighted by molar-refractivity contribution is -0.386. The fourth-order valence-electron chi connectivity index (χ4n) is 2.48. The van der Waals surface area contributed by atoms with Gasteiger partial charge in [-0.05, 0) is 32.6 Å². The zero-order chi connectivity index (χ0) is 14.0. The Hall–Kier alpha value is -1.63. The molecule has 7 heteroatoms. The van der Waals surface area contributed by atoms with Gasteiger partial charge in [0, 0.05) is 12.6 Å². The van der Waals surface area contributed by atoms with Gasteiger partial charge in [0.1, 0.15) is 11.8 Å². The van der Waals surface area contributed by atoms with E-state index >= 15 is 0 Å². The number of nitrogens with zero attached hydrogens (tertiary/aromatic N) is 3. The quantitative estimate of drug-likeness (QED) is 0.648. The van der Waals surface area contributed by atoms with Gasteiger partial charge in [-0.15, -0.1) is 0 Å². The molecule has 1 saturated carbocycles. The van der Waals surface area contributed by atoms with Gasteiger partial charge in [0.15, 0.2) is 0 Å². The van der Waals surface area contributed by atoms with Crippen LogP contribution in [0.4, 0.5) is 5.69 Å². The molecule has 2 rings (SSSR count). The van der Waals surface area contributed by atoms with Gasteiger partial charge in [0.2, 0.25) is 0 Å². The monoisotopic (exact) mass is 268 g/mol. The van der Waals surface area contributed by atoms with Crippen molar-refractivity contribution in [3.05, 3.63) is 15.8 Å². The second-order valence-corrected chi connectivity index (χ2v) is 5.03. The second kappa shape index (κ2) is 5.56. The maximum absolute atomic E-state index is 11.1. The van der Waals surface area contributed by atoms with Gasteiger partial charge in [0.25, 0.3) is 5.88 Å². The molecular weight excluding hydrogens is 248 g/mol. The summed E-state index contributed by atoms with van der Waals surface area (Å²) in [5.74, 6) is 0.281. The maximum Gasteiger partial charge on any atom is 0.353 e. The van der Waals surface area contributed by atoms with Crippen molar-refractivity contribution in [2.75, 3.05) is 0 Å². The Labute approximate surface area is 111 Å². The number of hydrogen-bond donors (Lipinski definition) is 1. The summed E-state index contributed by atoms with van der Waals surface area (Å²) in [6.45, 7) is 4.25. The topological polar surface area (TPSA) is 96.2 Å². The standard InChI is InChI=1S/C12H20N4O3/c1-3-6-15-12(11(16(17)18)8(2)14-15)19-10-5-4-9(13)7-10/h9-10H,3-7,13H2,1-2H3. The normalized spacial score (nSPS) is 22.7. The van der Waals surface area contributed by atoms with Gasteiger partial charge >= 0.3 is 5.69 Å². The highest BCUT2D eigenvalue weighted by Crippen LogP contribution is 2.34. The third-order valence-corrected chi connectivity index (χ3v) is 3.37. The molecule has 7 nitrogen and oxygen atoms in total. The Balaban J connectivity index is 2.27. The minimum absolute atomic E-state index is 0.0195. The Kier molecular flexibility index (Phi) is 4.04. The van der Waals surface area contributed by atoms with Gasteiger partial charge in [-0.2, -0.15) is 5.10 Å². The van der Waals surface area contributed by atoms with Crippen molar-refractivity contribution < 1.29 is 9.66 Å². The number of aromatic nitrogens is 2. The predicted molar refractivity (Wildman–Crippen MR) is 70.2 cm³/mol. The van der Waals surface area contributed by atoms with Gasteiger partial charge in [0.05, 0.1) is 4.92 Å². The minimum atomic E-state index is -0.418. The highest BCUT2D eigenvalue weighted by molar-refractivity contribution is 5.45. The molecule has 0 aromatic carbocycles. The van der Waals surface area contributed by atoms with Crippen molar-refractivity contribution >= 4 is 5.69 Å². The van der Waals surface area contributed by atoms with Gasteiger partial charge in [-0.3, -0.25) is 10.1 Å². The highest BCUT2D eigenvalue weighted by atomic mass is 16.6. The van der Waals surface area contributed by atoms with Crippen molar-refractivity contribution in [1.29, 1.82) is 0 Å². The third kappa shape index (κ3) is 2.86. The van der Waals surface area contributed by atoms with E-state index in [4.69, 9.17) is 10.5 Å². The number of rotatable bonds is 5. The van der Waals surface area contributed by atoms with Gasteiger partial charge < -0.3 is 10.5 Å². The largest absolute Gasteiger partial charge is 0.470 e. The lowest BCUT2D eigenvalue weighted by Crippen LogP contribution is -2.20. The number of nitrogens with two attached hydrogens (primary N) is 1. The SMILES string of the molecule is CCCn1nc(C)c([N+](=O)[O-])c1OC1CCC(N)C1. The summed E-state index contributed by atoms with van der Waals surface area (Å²) < 4.78 is 7.42. The molecule has 0 aliphatic heterocycles. The van der Waals surface area contributed by atoms with Crippen molar-refractivity contribution in [3.63, 3.8) is 0 Å². The van der Waals surface area contributed by atoms with E-state index in [0.717, 1.165) is 25.7 Å². The van der Waals surface area contributed by atoms with Crippen LogP contribution in [0.2, 0.25) is 0 Å². The van der Waals surface area contributed by atoms with E-state index in [1.165, 1.54) is 0 Å². The smallest absolute Gasteiger partial charge is 0.353 e. The second-order valence-electron chi connectivity index (χ2n) is 5.03. The van der Waals surface area contributed by atoms with E-state index in [-0.39, 0.29) is 23.7 Å². The number of hydrogen-bond acceptors (Lipinski definition) is 5. The third-order valence-electron chi connectivity index (χ3n) is 3.37. The van der Waals surface area contributed by atoms with Crippen LogP contribution in [-0.2, 0) is 6.54 Å². The summed E-state index contributed by atoms with van der Waals surface area (Å²) in [6.07, 6.45) is 3.29. The van der Waals surface area contributed by atoms with Gasteiger partial charge in [-0.25, -0.2) is 4.68 Å². The first-order valence-corrected chi connectivity index (χ1v) is 6.67. The Bertz CT molecular complexity index is 472. The molecule has 106 valence electrons. The molecule has 2 N–H and O–H groups in total. The fourth-order valence-corrected chi connectivity index (χ4v) is 2.48. The molecule has 1 aliphatic carbocycles. The molecular formula is C12H20N4O3. The molecule has 1 heterocycles. The molecule has 0 radical (unpaired) electrons. The zero-order valence-electron chi connectivity index (χ0n) is 11.3. The van der Waals surface area contributed by atoms with Crippen LogP contribution in [0.3, 0.4) is 0 Å². The van der Waals surface area contributed by atoms with E-state index in [9.17, 15) is 10.1 Å². The summed E-state index contributed by atoms with van der Waals surface area (Å²) in [4.78, 5) is 10.7. The van der Waals surface area contributed by atoms with E-state index in [2.05, 4.69) is 5.10 Å². The average molecular weight is 268 g/mol. The minimum Gasteiger partial charge on any atom is -0.470 e. The molecule has 0 saturated heterocycles. The molecule has 0 bridgehead atoms. The van der Waals surface area contributed by atoms with Crippen molar-refractivity contribution in [1.82, 2.24) is 9.78 Å². The van der Waals surface area contributed by atoms with Crippen LogP contribution < -0.4 is 10.5 Å². The van der Waals surface area contributed by atoms with Crippen LogP contribution in [0.25, 0.3) is 0 Å². The lowest BCUT2D eigenvalue weighted by atomic mass is 10.3. The zero-order valence-corrected chi connectivity index (χ0v) is 11.3. The van der Waals surface area contributed by atoms with Crippen LogP contribution in [0, 0.1) is 17.0 Å². The van der Waals surface area contributed by atoms with Crippen LogP contribution in [0.5, 0.6) is 5.88 Å². The van der Waals surface area contributed by atoms with Crippen LogP contribution in [-0.4, -0.2) is 26.8 Å². The molecule has 1 fully saturated rings. The van der Waals surface area contributed by atoms with E-state index < -0.39 is 4.92 Å². The molecule has 2 atom stereocenters. The van der Waals surface area contributed by atoms with E-state index in [0.29, 0.717) is 12.2 Å². The number of ether oxygens (including phenoxy) is 1. The van der Waals surface area contributed by atoms with Crippen molar-refractivity contribution in [3.8, 4) is 5.88 Å². The Morgan fingerprint density at radius 2 is 2.32 bits per heavy atom. The molecule has 2 unspecified atom stereocenters. The highest BCUT2D eigenvalue weighted by Gasteiger charge is 2.31.